The summed E-state index contributed by atoms with van der Waals surface area (Å²) in [6.45, 7) is 4.39. The minimum absolute atomic E-state index is 0.119. The van der Waals surface area contributed by atoms with Gasteiger partial charge in [-0.1, -0.05) is 19.9 Å². The van der Waals surface area contributed by atoms with Crippen LogP contribution < -0.4 is 15.4 Å². The maximum Gasteiger partial charge on any atom is 0.124 e. The summed E-state index contributed by atoms with van der Waals surface area (Å²) in [6.07, 6.45) is 0.119. The highest BCUT2D eigenvalue weighted by molar-refractivity contribution is 5.40. The van der Waals surface area contributed by atoms with Gasteiger partial charge in [0, 0.05) is 5.56 Å². The molecule has 0 heterocycles. The monoisotopic (exact) mass is 222 g/mol. The van der Waals surface area contributed by atoms with Gasteiger partial charge in [-0.2, -0.15) is 0 Å². The number of hydrogen-bond donors (Lipinski definition) is 2. The summed E-state index contributed by atoms with van der Waals surface area (Å²) in [6, 6.07) is 6.35. The SMILES string of the molecule is CNC(NC)c1cc(C(C)C)ccc1OC. The fraction of sp³-hybridized carbons (Fsp3) is 0.538. The highest BCUT2D eigenvalue weighted by Crippen LogP contribution is 2.27. The van der Waals surface area contributed by atoms with Crippen molar-refractivity contribution in [1.29, 1.82) is 0 Å². The summed E-state index contributed by atoms with van der Waals surface area (Å²) in [5.74, 6) is 1.44. The van der Waals surface area contributed by atoms with E-state index in [1.807, 2.05) is 20.2 Å². The molecular weight excluding hydrogens is 200 g/mol. The quantitative estimate of drug-likeness (QED) is 0.750. The lowest BCUT2D eigenvalue weighted by Gasteiger charge is -2.20. The fourth-order valence-corrected chi connectivity index (χ4v) is 1.79. The van der Waals surface area contributed by atoms with Crippen LogP contribution in [0.5, 0.6) is 5.75 Å². The van der Waals surface area contributed by atoms with Crippen LogP contribution in [0.25, 0.3) is 0 Å². The van der Waals surface area contributed by atoms with Crippen LogP contribution in [0.2, 0.25) is 0 Å². The van der Waals surface area contributed by atoms with Crippen LogP contribution >= 0.6 is 0 Å². The standard InChI is InChI=1S/C13H22N2O/c1-9(2)10-6-7-12(16-5)11(8-10)13(14-3)15-4/h6-9,13-15H,1-5H3. The zero-order valence-electron chi connectivity index (χ0n) is 10.8. The number of hydrogen-bond acceptors (Lipinski definition) is 3. The Balaban J connectivity index is 3.15. The Kier molecular flexibility index (Phi) is 4.77. The Morgan fingerprint density at radius 3 is 2.19 bits per heavy atom. The molecule has 2 N–H and O–H groups in total. The van der Waals surface area contributed by atoms with Crippen molar-refractivity contribution in [2.75, 3.05) is 21.2 Å². The minimum atomic E-state index is 0.119. The van der Waals surface area contributed by atoms with Crippen molar-refractivity contribution >= 4 is 0 Å². The maximum atomic E-state index is 5.38. The summed E-state index contributed by atoms with van der Waals surface area (Å²) >= 11 is 0. The van der Waals surface area contributed by atoms with Crippen molar-refractivity contribution in [3.63, 3.8) is 0 Å². The third-order valence-corrected chi connectivity index (χ3v) is 2.81. The van der Waals surface area contributed by atoms with Crippen molar-refractivity contribution in [3.8, 4) is 5.75 Å². The van der Waals surface area contributed by atoms with Gasteiger partial charge in [0.25, 0.3) is 0 Å². The fourth-order valence-electron chi connectivity index (χ4n) is 1.79. The number of benzene rings is 1. The molecule has 90 valence electrons. The van der Waals surface area contributed by atoms with Crippen molar-refractivity contribution in [2.45, 2.75) is 25.9 Å². The Bertz CT molecular complexity index is 333. The summed E-state index contributed by atoms with van der Waals surface area (Å²) in [7, 11) is 5.57. The first kappa shape index (κ1) is 13.0. The van der Waals surface area contributed by atoms with E-state index < -0.39 is 0 Å². The van der Waals surface area contributed by atoms with Gasteiger partial charge in [-0.25, -0.2) is 0 Å². The molecule has 0 aliphatic rings. The molecule has 0 aliphatic heterocycles. The molecule has 3 heteroatoms. The molecule has 0 bridgehead atoms. The van der Waals surface area contributed by atoms with Crippen molar-refractivity contribution in [3.05, 3.63) is 29.3 Å². The minimum Gasteiger partial charge on any atom is -0.496 e. The van der Waals surface area contributed by atoms with Crippen LogP contribution in [0.15, 0.2) is 18.2 Å². The van der Waals surface area contributed by atoms with E-state index in [0.29, 0.717) is 5.92 Å². The second-order valence-electron chi connectivity index (χ2n) is 4.17. The average Bonchev–Trinajstić information content (AvgIpc) is 2.30. The molecule has 3 nitrogen and oxygen atoms in total. The number of ether oxygens (including phenoxy) is 1. The predicted molar refractivity (Wildman–Crippen MR) is 67.9 cm³/mol. The topological polar surface area (TPSA) is 33.3 Å². The summed E-state index contributed by atoms with van der Waals surface area (Å²) in [5, 5.41) is 6.44. The van der Waals surface area contributed by atoms with Gasteiger partial charge in [-0.3, -0.25) is 0 Å². The van der Waals surface area contributed by atoms with Crippen molar-refractivity contribution in [2.24, 2.45) is 0 Å². The first-order valence-corrected chi connectivity index (χ1v) is 5.66. The second-order valence-corrected chi connectivity index (χ2v) is 4.17. The molecular formula is C13H22N2O. The van der Waals surface area contributed by atoms with Gasteiger partial charge >= 0.3 is 0 Å². The molecule has 0 unspecified atom stereocenters. The molecule has 0 radical (unpaired) electrons. The van der Waals surface area contributed by atoms with E-state index in [-0.39, 0.29) is 6.17 Å². The average molecular weight is 222 g/mol. The van der Waals surface area contributed by atoms with E-state index in [1.165, 1.54) is 5.56 Å². The molecule has 0 saturated carbocycles. The highest BCUT2D eigenvalue weighted by atomic mass is 16.5. The van der Waals surface area contributed by atoms with E-state index in [9.17, 15) is 0 Å². The van der Waals surface area contributed by atoms with Gasteiger partial charge in [0.1, 0.15) is 5.75 Å². The van der Waals surface area contributed by atoms with Gasteiger partial charge in [0.2, 0.25) is 0 Å². The van der Waals surface area contributed by atoms with Crippen LogP contribution in [0.3, 0.4) is 0 Å². The zero-order chi connectivity index (χ0) is 12.1. The summed E-state index contributed by atoms with van der Waals surface area (Å²) in [4.78, 5) is 0. The van der Waals surface area contributed by atoms with Crippen LogP contribution in [0.4, 0.5) is 0 Å². The number of methoxy groups -OCH3 is 1. The van der Waals surface area contributed by atoms with Crippen LogP contribution in [0.1, 0.15) is 37.1 Å². The predicted octanol–water partition coefficient (Wildman–Crippen LogP) is 2.26. The van der Waals surface area contributed by atoms with Crippen LogP contribution in [-0.2, 0) is 0 Å². The Morgan fingerprint density at radius 2 is 1.75 bits per heavy atom. The van der Waals surface area contributed by atoms with Crippen LogP contribution in [-0.4, -0.2) is 21.2 Å². The van der Waals surface area contributed by atoms with Gasteiger partial charge in [-0.05, 0) is 37.7 Å². The molecule has 0 fully saturated rings. The third kappa shape index (κ3) is 2.74. The normalized spacial score (nSPS) is 11.2. The summed E-state index contributed by atoms with van der Waals surface area (Å²) in [5.41, 5.74) is 2.48. The number of rotatable bonds is 5. The first-order chi connectivity index (χ1) is 7.63. The molecule has 0 spiro atoms. The van der Waals surface area contributed by atoms with Gasteiger partial charge in [0.05, 0.1) is 13.3 Å². The molecule has 1 aromatic rings. The van der Waals surface area contributed by atoms with E-state index in [1.54, 1.807) is 7.11 Å². The molecule has 0 saturated heterocycles. The highest BCUT2D eigenvalue weighted by Gasteiger charge is 2.13. The molecule has 0 aliphatic carbocycles. The molecule has 16 heavy (non-hydrogen) atoms. The zero-order valence-corrected chi connectivity index (χ0v) is 10.8. The lowest BCUT2D eigenvalue weighted by Crippen LogP contribution is -2.29. The molecule has 1 aromatic carbocycles. The number of nitrogens with one attached hydrogen (secondary N) is 2. The Labute approximate surface area is 98.2 Å². The van der Waals surface area contributed by atoms with Crippen molar-refractivity contribution < 1.29 is 4.74 Å². The lowest BCUT2D eigenvalue weighted by molar-refractivity contribution is 0.394. The molecule has 0 amide bonds. The van der Waals surface area contributed by atoms with Gasteiger partial charge in [0.15, 0.2) is 0 Å². The van der Waals surface area contributed by atoms with Crippen molar-refractivity contribution in [1.82, 2.24) is 10.6 Å². The summed E-state index contributed by atoms with van der Waals surface area (Å²) < 4.78 is 5.38. The molecule has 1 rings (SSSR count). The van der Waals surface area contributed by atoms with E-state index in [2.05, 4.69) is 36.6 Å². The van der Waals surface area contributed by atoms with Gasteiger partial charge in [-0.15, -0.1) is 0 Å². The third-order valence-electron chi connectivity index (χ3n) is 2.81. The van der Waals surface area contributed by atoms with E-state index >= 15 is 0 Å². The first-order valence-electron chi connectivity index (χ1n) is 5.66. The van der Waals surface area contributed by atoms with E-state index in [0.717, 1.165) is 11.3 Å². The van der Waals surface area contributed by atoms with Crippen LogP contribution in [0, 0.1) is 0 Å². The van der Waals surface area contributed by atoms with E-state index in [4.69, 9.17) is 4.74 Å². The Hall–Kier alpha value is -1.06. The Morgan fingerprint density at radius 1 is 1.12 bits per heavy atom. The lowest BCUT2D eigenvalue weighted by atomic mass is 9.99. The van der Waals surface area contributed by atoms with Gasteiger partial charge < -0.3 is 15.4 Å². The maximum absolute atomic E-state index is 5.38. The largest absolute Gasteiger partial charge is 0.496 e. The smallest absolute Gasteiger partial charge is 0.124 e. The molecule has 0 aromatic heterocycles. The molecule has 0 atom stereocenters. The second kappa shape index (κ2) is 5.87.